The molecular formula is C18H29N3O5S. The first-order valence-electron chi connectivity index (χ1n) is 8.90. The second-order valence-electron chi connectivity index (χ2n) is 6.55. The number of ether oxygens (including phenoxy) is 1. The fourth-order valence-electron chi connectivity index (χ4n) is 2.31. The van der Waals surface area contributed by atoms with Gasteiger partial charge in [-0.1, -0.05) is 20.8 Å². The number of hydrogen-bond donors (Lipinski definition) is 3. The van der Waals surface area contributed by atoms with E-state index in [1.807, 2.05) is 20.8 Å². The number of carbonyl (C=O) groups excluding carboxylic acids is 2. The first-order chi connectivity index (χ1) is 12.7. The molecule has 8 nitrogen and oxygen atoms in total. The lowest BCUT2D eigenvalue weighted by Gasteiger charge is -2.20. The Labute approximate surface area is 161 Å². The quantitative estimate of drug-likeness (QED) is 0.514. The van der Waals surface area contributed by atoms with Crippen molar-refractivity contribution in [2.45, 2.75) is 44.6 Å². The van der Waals surface area contributed by atoms with E-state index < -0.39 is 22.0 Å². The van der Waals surface area contributed by atoms with Crippen LogP contribution in [0.25, 0.3) is 0 Å². The topological polar surface area (TPSA) is 114 Å². The molecule has 1 atom stereocenters. The Hall–Kier alpha value is -2.13. The highest BCUT2D eigenvalue weighted by atomic mass is 32.2. The normalized spacial score (nSPS) is 12.5. The van der Waals surface area contributed by atoms with Crippen molar-refractivity contribution in [3.8, 4) is 5.75 Å². The summed E-state index contributed by atoms with van der Waals surface area (Å²) < 4.78 is 32.6. The molecule has 0 aliphatic heterocycles. The van der Waals surface area contributed by atoms with Gasteiger partial charge in [0, 0.05) is 6.54 Å². The second-order valence-corrected chi connectivity index (χ2v) is 8.26. The molecule has 0 aliphatic rings. The lowest BCUT2D eigenvalue weighted by atomic mass is 10.0. The van der Waals surface area contributed by atoms with Crippen molar-refractivity contribution in [1.29, 1.82) is 0 Å². The molecule has 0 saturated carbocycles. The third-order valence-electron chi connectivity index (χ3n) is 3.69. The first-order valence-corrected chi connectivity index (χ1v) is 10.4. The van der Waals surface area contributed by atoms with Crippen molar-refractivity contribution < 1.29 is 22.7 Å². The van der Waals surface area contributed by atoms with Crippen molar-refractivity contribution in [2.75, 3.05) is 20.2 Å². The zero-order valence-electron chi connectivity index (χ0n) is 16.2. The third kappa shape index (κ3) is 7.96. The van der Waals surface area contributed by atoms with Crippen molar-refractivity contribution in [2.24, 2.45) is 5.92 Å². The van der Waals surface area contributed by atoms with Gasteiger partial charge in [-0.2, -0.15) is 4.72 Å². The molecular weight excluding hydrogens is 370 g/mol. The first kappa shape index (κ1) is 22.9. The molecule has 27 heavy (non-hydrogen) atoms. The van der Waals surface area contributed by atoms with E-state index in [9.17, 15) is 18.0 Å². The molecule has 9 heteroatoms. The zero-order valence-corrected chi connectivity index (χ0v) is 17.1. The third-order valence-corrected chi connectivity index (χ3v) is 5.17. The van der Waals surface area contributed by atoms with Gasteiger partial charge < -0.3 is 15.4 Å². The van der Waals surface area contributed by atoms with Crippen molar-refractivity contribution in [3.63, 3.8) is 0 Å². The molecule has 152 valence electrons. The summed E-state index contributed by atoms with van der Waals surface area (Å²) in [5, 5.41) is 5.14. The Morgan fingerprint density at radius 3 is 2.26 bits per heavy atom. The molecule has 0 spiro atoms. The standard InChI is InChI=1S/C18H29N3O5S/c1-5-10-19-17(22)12-20-18(23)16(11-13(2)3)21-27(24,25)15-8-6-14(26-4)7-9-15/h6-9,13,16,21H,5,10-12H2,1-4H3,(H,19,22)(H,20,23)/t16-/m0/s1. The van der Waals surface area contributed by atoms with Gasteiger partial charge in [-0.15, -0.1) is 0 Å². The van der Waals surface area contributed by atoms with Gasteiger partial charge >= 0.3 is 0 Å². The molecule has 0 aromatic heterocycles. The van der Waals surface area contributed by atoms with E-state index in [0.717, 1.165) is 6.42 Å². The van der Waals surface area contributed by atoms with E-state index in [2.05, 4.69) is 15.4 Å². The number of amides is 2. The van der Waals surface area contributed by atoms with E-state index in [0.29, 0.717) is 18.7 Å². The fraction of sp³-hybridized carbons (Fsp3) is 0.556. The summed E-state index contributed by atoms with van der Waals surface area (Å²) >= 11 is 0. The summed E-state index contributed by atoms with van der Waals surface area (Å²) in [4.78, 5) is 24.1. The fourth-order valence-corrected chi connectivity index (χ4v) is 3.52. The minimum atomic E-state index is -3.89. The van der Waals surface area contributed by atoms with Crippen LogP contribution in [0.3, 0.4) is 0 Å². The van der Waals surface area contributed by atoms with Crippen molar-refractivity contribution >= 4 is 21.8 Å². The Kier molecular flexibility index (Phi) is 9.23. The van der Waals surface area contributed by atoms with E-state index in [1.54, 1.807) is 0 Å². The summed E-state index contributed by atoms with van der Waals surface area (Å²) in [6.45, 7) is 6.02. The van der Waals surface area contributed by atoms with Crippen LogP contribution in [0.15, 0.2) is 29.2 Å². The summed E-state index contributed by atoms with van der Waals surface area (Å²) in [6, 6.07) is 4.90. The smallest absolute Gasteiger partial charge is 0.241 e. The SMILES string of the molecule is CCCNC(=O)CNC(=O)[C@H](CC(C)C)NS(=O)(=O)c1ccc(OC)cc1. The van der Waals surface area contributed by atoms with Gasteiger partial charge in [0.25, 0.3) is 0 Å². The summed E-state index contributed by atoms with van der Waals surface area (Å²) in [5.74, 6) is -0.240. The Morgan fingerprint density at radius 2 is 1.74 bits per heavy atom. The van der Waals surface area contributed by atoms with E-state index in [1.165, 1.54) is 31.4 Å². The highest BCUT2D eigenvalue weighted by Gasteiger charge is 2.26. The number of carbonyl (C=O) groups is 2. The molecule has 0 fully saturated rings. The van der Waals surface area contributed by atoms with Crippen LogP contribution in [-0.2, 0) is 19.6 Å². The van der Waals surface area contributed by atoms with E-state index in [4.69, 9.17) is 4.74 Å². The monoisotopic (exact) mass is 399 g/mol. The molecule has 3 N–H and O–H groups in total. The number of hydrogen-bond acceptors (Lipinski definition) is 5. The zero-order chi connectivity index (χ0) is 20.4. The minimum Gasteiger partial charge on any atom is -0.497 e. The maximum absolute atomic E-state index is 12.6. The molecule has 0 saturated heterocycles. The summed E-state index contributed by atoms with van der Waals surface area (Å²) in [7, 11) is -2.41. The summed E-state index contributed by atoms with van der Waals surface area (Å²) in [6.07, 6.45) is 1.09. The van der Waals surface area contributed by atoms with Crippen LogP contribution in [0.4, 0.5) is 0 Å². The second kappa shape index (κ2) is 10.9. The van der Waals surface area contributed by atoms with Crippen LogP contribution >= 0.6 is 0 Å². The predicted octanol–water partition coefficient (Wildman–Crippen LogP) is 1.03. The lowest BCUT2D eigenvalue weighted by molar-refractivity contribution is -0.127. The number of methoxy groups -OCH3 is 1. The maximum atomic E-state index is 12.6. The van der Waals surface area contributed by atoms with Gasteiger partial charge in [0.1, 0.15) is 11.8 Å². The molecule has 0 heterocycles. The minimum absolute atomic E-state index is 0.0329. The number of nitrogens with one attached hydrogen (secondary N) is 3. The Morgan fingerprint density at radius 1 is 1.11 bits per heavy atom. The van der Waals surface area contributed by atoms with Crippen LogP contribution < -0.4 is 20.1 Å². The van der Waals surface area contributed by atoms with Gasteiger partial charge in [-0.3, -0.25) is 9.59 Å². The van der Waals surface area contributed by atoms with Gasteiger partial charge in [0.15, 0.2) is 0 Å². The van der Waals surface area contributed by atoms with Gasteiger partial charge in [0.2, 0.25) is 21.8 Å². The van der Waals surface area contributed by atoms with Gasteiger partial charge in [0.05, 0.1) is 18.6 Å². The average Bonchev–Trinajstić information content (AvgIpc) is 2.63. The van der Waals surface area contributed by atoms with E-state index in [-0.39, 0.29) is 23.3 Å². The number of sulfonamides is 1. The van der Waals surface area contributed by atoms with Crippen LogP contribution in [-0.4, -0.2) is 46.5 Å². The summed E-state index contributed by atoms with van der Waals surface area (Å²) in [5.41, 5.74) is 0. The van der Waals surface area contributed by atoms with Crippen molar-refractivity contribution in [3.05, 3.63) is 24.3 Å². The molecule has 0 unspecified atom stereocenters. The molecule has 1 rings (SSSR count). The number of rotatable bonds is 11. The lowest BCUT2D eigenvalue weighted by Crippen LogP contribution is -2.49. The maximum Gasteiger partial charge on any atom is 0.241 e. The largest absolute Gasteiger partial charge is 0.497 e. The molecule has 1 aromatic rings. The molecule has 1 aromatic carbocycles. The van der Waals surface area contributed by atoms with Crippen molar-refractivity contribution in [1.82, 2.24) is 15.4 Å². The van der Waals surface area contributed by atoms with Gasteiger partial charge in [-0.05, 0) is 43.0 Å². The highest BCUT2D eigenvalue weighted by molar-refractivity contribution is 7.89. The van der Waals surface area contributed by atoms with E-state index >= 15 is 0 Å². The van der Waals surface area contributed by atoms with Crippen LogP contribution in [0, 0.1) is 5.92 Å². The highest BCUT2D eigenvalue weighted by Crippen LogP contribution is 2.16. The van der Waals surface area contributed by atoms with Gasteiger partial charge in [-0.25, -0.2) is 8.42 Å². The average molecular weight is 400 g/mol. The molecule has 0 radical (unpaired) electrons. The Bertz CT molecular complexity index is 717. The molecule has 0 bridgehead atoms. The van der Waals surface area contributed by atoms with Crippen LogP contribution in [0.1, 0.15) is 33.6 Å². The van der Waals surface area contributed by atoms with Crippen LogP contribution in [0.2, 0.25) is 0 Å². The molecule has 2 amide bonds. The molecule has 0 aliphatic carbocycles. The Balaban J connectivity index is 2.82. The van der Waals surface area contributed by atoms with Crippen LogP contribution in [0.5, 0.6) is 5.75 Å². The number of benzene rings is 1. The predicted molar refractivity (Wildman–Crippen MR) is 103 cm³/mol.